The molecular formula is C22H18FN5O3S. The predicted octanol–water partition coefficient (Wildman–Crippen LogP) is 3.14. The highest BCUT2D eigenvalue weighted by molar-refractivity contribution is 7.92. The molecule has 10 heteroatoms. The van der Waals surface area contributed by atoms with Crippen LogP contribution in [0.4, 0.5) is 10.1 Å². The molecule has 1 heterocycles. The van der Waals surface area contributed by atoms with Crippen LogP contribution in [0.3, 0.4) is 0 Å². The fraction of sp³-hybridized carbons (Fsp3) is 0.0455. The minimum absolute atomic E-state index is 0.0824. The van der Waals surface area contributed by atoms with Crippen molar-refractivity contribution in [1.29, 1.82) is 0 Å². The summed E-state index contributed by atoms with van der Waals surface area (Å²) in [6.07, 6.45) is 3.03. The maximum atomic E-state index is 13.7. The van der Waals surface area contributed by atoms with Gasteiger partial charge in [0.25, 0.3) is 15.9 Å². The highest BCUT2D eigenvalue weighted by Crippen LogP contribution is 2.19. The van der Waals surface area contributed by atoms with E-state index < -0.39 is 15.8 Å². The van der Waals surface area contributed by atoms with Gasteiger partial charge in [-0.05, 0) is 54.1 Å². The molecule has 0 aliphatic carbocycles. The number of nitrogens with zero attached hydrogens (tertiary/aromatic N) is 3. The molecule has 3 aromatic carbocycles. The molecule has 0 saturated carbocycles. The third kappa shape index (κ3) is 4.81. The van der Waals surface area contributed by atoms with Crippen LogP contribution in [0.2, 0.25) is 0 Å². The summed E-state index contributed by atoms with van der Waals surface area (Å²) in [7, 11) is -3.99. The first-order valence-electron chi connectivity index (χ1n) is 9.52. The lowest BCUT2D eigenvalue weighted by Gasteiger charge is -2.10. The Morgan fingerprint density at radius 2 is 1.69 bits per heavy atom. The minimum atomic E-state index is -3.99. The zero-order chi connectivity index (χ0) is 22.6. The van der Waals surface area contributed by atoms with Crippen LogP contribution in [0, 0.1) is 5.82 Å². The Morgan fingerprint density at radius 3 is 2.34 bits per heavy atom. The minimum Gasteiger partial charge on any atom is -0.348 e. The molecule has 0 unspecified atom stereocenters. The molecule has 32 heavy (non-hydrogen) atoms. The van der Waals surface area contributed by atoms with Gasteiger partial charge in [0.1, 0.15) is 18.5 Å². The molecule has 0 spiro atoms. The Kier molecular flexibility index (Phi) is 5.95. The second kappa shape index (κ2) is 8.98. The van der Waals surface area contributed by atoms with Crippen molar-refractivity contribution >= 4 is 21.6 Å². The number of benzene rings is 3. The average Bonchev–Trinajstić information content (AvgIpc) is 3.34. The van der Waals surface area contributed by atoms with Crippen molar-refractivity contribution in [2.45, 2.75) is 11.4 Å². The molecule has 4 rings (SSSR count). The highest BCUT2D eigenvalue weighted by atomic mass is 32.2. The summed E-state index contributed by atoms with van der Waals surface area (Å²) < 4.78 is 42.5. The second-order valence-electron chi connectivity index (χ2n) is 6.80. The normalized spacial score (nSPS) is 11.2. The molecule has 0 fully saturated rings. The van der Waals surface area contributed by atoms with Crippen LogP contribution in [0.25, 0.3) is 5.69 Å². The van der Waals surface area contributed by atoms with Crippen LogP contribution in [0.1, 0.15) is 15.9 Å². The van der Waals surface area contributed by atoms with Gasteiger partial charge in [0.15, 0.2) is 0 Å². The summed E-state index contributed by atoms with van der Waals surface area (Å²) in [4.78, 5) is 16.2. The van der Waals surface area contributed by atoms with Crippen molar-refractivity contribution in [3.8, 4) is 5.69 Å². The van der Waals surface area contributed by atoms with E-state index in [0.29, 0.717) is 12.1 Å². The number of hydrogen-bond donors (Lipinski definition) is 2. The van der Waals surface area contributed by atoms with Crippen molar-refractivity contribution in [3.05, 3.63) is 102 Å². The number of sulfonamides is 1. The summed E-state index contributed by atoms with van der Waals surface area (Å²) in [6, 6.07) is 18.3. The van der Waals surface area contributed by atoms with Crippen LogP contribution >= 0.6 is 0 Å². The molecule has 1 aromatic heterocycles. The Hall–Kier alpha value is -4.05. The van der Waals surface area contributed by atoms with Gasteiger partial charge in [-0.15, -0.1) is 0 Å². The lowest BCUT2D eigenvalue weighted by molar-refractivity contribution is 0.0951. The molecule has 0 atom stereocenters. The quantitative estimate of drug-likeness (QED) is 0.449. The van der Waals surface area contributed by atoms with Gasteiger partial charge < -0.3 is 5.32 Å². The van der Waals surface area contributed by atoms with Gasteiger partial charge in [0.05, 0.1) is 16.3 Å². The van der Waals surface area contributed by atoms with E-state index in [1.807, 2.05) is 24.3 Å². The van der Waals surface area contributed by atoms with Crippen molar-refractivity contribution in [2.24, 2.45) is 0 Å². The lowest BCUT2D eigenvalue weighted by Crippen LogP contribution is -2.23. The van der Waals surface area contributed by atoms with Gasteiger partial charge in [0.2, 0.25) is 0 Å². The van der Waals surface area contributed by atoms with E-state index >= 15 is 0 Å². The Morgan fingerprint density at radius 1 is 0.969 bits per heavy atom. The van der Waals surface area contributed by atoms with Gasteiger partial charge in [-0.25, -0.2) is 22.5 Å². The number of para-hydroxylation sites is 1. The van der Waals surface area contributed by atoms with Crippen LogP contribution in [-0.2, 0) is 16.6 Å². The average molecular weight is 451 g/mol. The third-order valence-corrected chi connectivity index (χ3v) is 6.00. The Balaban J connectivity index is 1.38. The van der Waals surface area contributed by atoms with Crippen molar-refractivity contribution in [3.63, 3.8) is 0 Å². The fourth-order valence-electron chi connectivity index (χ4n) is 2.93. The number of carbonyl (C=O) groups excluding carboxylic acids is 1. The molecule has 0 aliphatic rings. The summed E-state index contributed by atoms with van der Waals surface area (Å²) in [5.74, 6) is -1.03. The molecule has 8 nitrogen and oxygen atoms in total. The smallest absolute Gasteiger partial charge is 0.261 e. The van der Waals surface area contributed by atoms with E-state index in [-0.39, 0.29) is 16.5 Å². The van der Waals surface area contributed by atoms with Gasteiger partial charge >= 0.3 is 0 Å². The molecule has 0 saturated heterocycles. The molecule has 4 aromatic rings. The third-order valence-electron chi connectivity index (χ3n) is 4.62. The number of carbonyl (C=O) groups is 1. The maximum Gasteiger partial charge on any atom is 0.261 e. The summed E-state index contributed by atoms with van der Waals surface area (Å²) in [5, 5.41) is 6.84. The SMILES string of the molecule is O=C(NCc1ccc(-n2cncn2)cc1)c1ccc(S(=O)(=O)Nc2ccccc2F)cc1. The van der Waals surface area contributed by atoms with E-state index in [9.17, 15) is 17.6 Å². The van der Waals surface area contributed by atoms with E-state index in [1.54, 1.807) is 11.0 Å². The number of aromatic nitrogens is 3. The van der Waals surface area contributed by atoms with Crippen molar-refractivity contribution in [2.75, 3.05) is 4.72 Å². The standard InChI is InChI=1S/C22H18FN5O3S/c23-20-3-1-2-4-21(20)27-32(30,31)19-11-7-17(8-12-19)22(29)25-13-16-5-9-18(10-6-16)28-15-24-14-26-28/h1-12,14-15,27H,13H2,(H,25,29). The number of halogens is 1. The predicted molar refractivity (Wildman–Crippen MR) is 116 cm³/mol. The fourth-order valence-corrected chi connectivity index (χ4v) is 3.99. The van der Waals surface area contributed by atoms with Crippen molar-refractivity contribution in [1.82, 2.24) is 20.1 Å². The number of nitrogens with one attached hydrogen (secondary N) is 2. The Bertz CT molecular complexity index is 1320. The molecule has 0 bridgehead atoms. The molecule has 1 amide bonds. The summed E-state index contributed by atoms with van der Waals surface area (Å²) in [6.45, 7) is 0.297. The maximum absolute atomic E-state index is 13.7. The summed E-state index contributed by atoms with van der Waals surface area (Å²) in [5.41, 5.74) is 1.88. The van der Waals surface area contributed by atoms with Gasteiger partial charge in [0, 0.05) is 12.1 Å². The van der Waals surface area contributed by atoms with E-state index in [1.165, 1.54) is 48.8 Å². The highest BCUT2D eigenvalue weighted by Gasteiger charge is 2.17. The first-order chi connectivity index (χ1) is 15.4. The lowest BCUT2D eigenvalue weighted by atomic mass is 10.2. The summed E-state index contributed by atoms with van der Waals surface area (Å²) >= 11 is 0. The van der Waals surface area contributed by atoms with Crippen molar-refractivity contribution < 1.29 is 17.6 Å². The zero-order valence-electron chi connectivity index (χ0n) is 16.6. The first kappa shape index (κ1) is 21.2. The molecule has 162 valence electrons. The van der Waals surface area contributed by atoms with E-state index in [2.05, 4.69) is 20.1 Å². The second-order valence-corrected chi connectivity index (χ2v) is 8.48. The van der Waals surface area contributed by atoms with E-state index in [4.69, 9.17) is 0 Å². The topological polar surface area (TPSA) is 106 Å². The zero-order valence-corrected chi connectivity index (χ0v) is 17.5. The largest absolute Gasteiger partial charge is 0.348 e. The van der Waals surface area contributed by atoms with E-state index in [0.717, 1.165) is 17.3 Å². The van der Waals surface area contributed by atoms with Crippen LogP contribution in [0.5, 0.6) is 0 Å². The molecule has 2 N–H and O–H groups in total. The molecule has 0 radical (unpaired) electrons. The van der Waals surface area contributed by atoms with Crippen LogP contribution < -0.4 is 10.0 Å². The molecular weight excluding hydrogens is 433 g/mol. The Labute approximate surface area is 183 Å². The van der Waals surface area contributed by atoms with Crippen LogP contribution in [0.15, 0.2) is 90.3 Å². The number of amides is 1. The van der Waals surface area contributed by atoms with Gasteiger partial charge in [-0.2, -0.15) is 5.10 Å². The monoisotopic (exact) mass is 451 g/mol. The van der Waals surface area contributed by atoms with Crippen LogP contribution in [-0.4, -0.2) is 29.1 Å². The molecule has 0 aliphatic heterocycles. The number of hydrogen-bond acceptors (Lipinski definition) is 5. The first-order valence-corrected chi connectivity index (χ1v) is 11.0. The number of rotatable bonds is 7. The van der Waals surface area contributed by atoms with Gasteiger partial charge in [-0.3, -0.25) is 9.52 Å². The van der Waals surface area contributed by atoms with Gasteiger partial charge in [-0.1, -0.05) is 24.3 Å². The number of anilines is 1.